The molecule has 2 aromatic carbocycles. The Morgan fingerprint density at radius 2 is 1.70 bits per heavy atom. The summed E-state index contributed by atoms with van der Waals surface area (Å²) in [5.41, 5.74) is 11.6. The number of oxime groups is 1. The topological polar surface area (TPSA) is 54.1 Å². The normalized spacial score (nSPS) is 16.7. The fourth-order valence-electron chi connectivity index (χ4n) is 3.25. The number of hydrogen-bond acceptors (Lipinski definition) is 5. The molecule has 1 heterocycles. The van der Waals surface area contributed by atoms with Gasteiger partial charge in [-0.15, -0.1) is 0 Å². The molecule has 0 saturated heterocycles. The van der Waals surface area contributed by atoms with Crippen molar-refractivity contribution < 1.29 is 4.84 Å². The first kappa shape index (κ1) is 19.5. The quantitative estimate of drug-likeness (QED) is 0.781. The van der Waals surface area contributed by atoms with Gasteiger partial charge in [-0.2, -0.15) is 0 Å². The summed E-state index contributed by atoms with van der Waals surface area (Å²) in [6, 6.07) is 17.2. The Hall–Kier alpha value is -2.21. The minimum absolute atomic E-state index is 0.0121. The molecule has 2 aromatic rings. The summed E-state index contributed by atoms with van der Waals surface area (Å²) in [5.74, 6) is 0. The van der Waals surface area contributed by atoms with Crippen LogP contribution in [0.1, 0.15) is 17.5 Å². The monoisotopic (exact) mass is 366 g/mol. The van der Waals surface area contributed by atoms with Crippen LogP contribution in [0, 0.1) is 0 Å². The van der Waals surface area contributed by atoms with Gasteiger partial charge in [-0.05, 0) is 43.4 Å². The number of hydrogen-bond donors (Lipinski definition) is 1. The largest absolute Gasteiger partial charge is 0.390 e. The Labute approximate surface area is 162 Å². The summed E-state index contributed by atoms with van der Waals surface area (Å²) in [6.45, 7) is 3.54. The lowest BCUT2D eigenvalue weighted by Crippen LogP contribution is -2.28. The summed E-state index contributed by atoms with van der Waals surface area (Å²) in [5, 5.41) is 4.18. The highest BCUT2D eigenvalue weighted by Gasteiger charge is 2.20. The van der Waals surface area contributed by atoms with E-state index in [2.05, 4.69) is 84.6 Å². The molecular weight excluding hydrogens is 336 g/mol. The van der Waals surface area contributed by atoms with E-state index in [1.54, 1.807) is 0 Å². The molecule has 3 rings (SSSR count). The number of likely N-dealkylation sites (N-methyl/N-ethyl adjacent to an activating group) is 2. The van der Waals surface area contributed by atoms with E-state index in [-0.39, 0.29) is 6.10 Å². The molecule has 5 nitrogen and oxygen atoms in total. The zero-order valence-corrected chi connectivity index (χ0v) is 16.6. The molecule has 0 bridgehead atoms. The van der Waals surface area contributed by atoms with Gasteiger partial charge < -0.3 is 20.4 Å². The molecule has 0 radical (unpaired) electrons. The minimum Gasteiger partial charge on any atom is -0.390 e. The average Bonchev–Trinajstić information content (AvgIpc) is 3.16. The Morgan fingerprint density at radius 3 is 2.37 bits per heavy atom. The van der Waals surface area contributed by atoms with Gasteiger partial charge in [0, 0.05) is 32.6 Å². The van der Waals surface area contributed by atoms with Crippen molar-refractivity contribution in [1.29, 1.82) is 0 Å². The fraction of sp³-hybridized carbons (Fsp3) is 0.409. The Bertz CT molecular complexity index is 770. The van der Waals surface area contributed by atoms with Crippen molar-refractivity contribution in [1.82, 2.24) is 9.80 Å². The Kier molecular flexibility index (Phi) is 6.61. The summed E-state index contributed by atoms with van der Waals surface area (Å²) in [6.07, 6.45) is 0.793. The van der Waals surface area contributed by atoms with Gasteiger partial charge in [0.05, 0.1) is 5.71 Å². The molecule has 2 N–H and O–H groups in total. The van der Waals surface area contributed by atoms with E-state index in [1.807, 2.05) is 0 Å². The van der Waals surface area contributed by atoms with E-state index >= 15 is 0 Å². The van der Waals surface area contributed by atoms with Crippen LogP contribution in [0.3, 0.4) is 0 Å². The van der Waals surface area contributed by atoms with Crippen molar-refractivity contribution in [2.24, 2.45) is 10.9 Å². The van der Waals surface area contributed by atoms with Crippen molar-refractivity contribution in [2.75, 3.05) is 40.8 Å². The van der Waals surface area contributed by atoms with E-state index < -0.39 is 0 Å². The smallest absolute Gasteiger partial charge is 0.145 e. The Morgan fingerprint density at radius 1 is 1.00 bits per heavy atom. The molecule has 1 atom stereocenters. The van der Waals surface area contributed by atoms with Crippen molar-refractivity contribution >= 4 is 5.71 Å². The van der Waals surface area contributed by atoms with Gasteiger partial charge in [0.25, 0.3) is 0 Å². The zero-order chi connectivity index (χ0) is 19.2. The number of nitrogens with zero attached hydrogens (tertiary/aromatic N) is 3. The molecule has 0 spiro atoms. The SMILES string of the molecule is CN(C)CCN(C)Cc1ccccc1-c1ccc(C2=NOC(CN)C2)cc1. The highest BCUT2D eigenvalue weighted by Crippen LogP contribution is 2.26. The highest BCUT2D eigenvalue weighted by molar-refractivity contribution is 6.01. The van der Waals surface area contributed by atoms with Crippen LogP contribution in [0.15, 0.2) is 53.7 Å². The van der Waals surface area contributed by atoms with Gasteiger partial charge in [0.2, 0.25) is 0 Å². The molecule has 27 heavy (non-hydrogen) atoms. The molecule has 5 heteroatoms. The third-order valence-electron chi connectivity index (χ3n) is 4.91. The summed E-state index contributed by atoms with van der Waals surface area (Å²) >= 11 is 0. The highest BCUT2D eigenvalue weighted by atomic mass is 16.6. The standard InChI is InChI=1S/C22H30N4O/c1-25(2)12-13-26(3)16-19-6-4-5-7-21(19)17-8-10-18(11-9-17)22-14-20(15-23)27-24-22/h4-11,20H,12-16,23H2,1-3H3. The van der Waals surface area contributed by atoms with Crippen LogP contribution in [0.4, 0.5) is 0 Å². The maximum atomic E-state index is 5.66. The number of rotatable bonds is 8. The second kappa shape index (κ2) is 9.13. The summed E-state index contributed by atoms with van der Waals surface area (Å²) in [7, 11) is 6.40. The first-order valence-corrected chi connectivity index (χ1v) is 9.51. The van der Waals surface area contributed by atoms with E-state index in [0.717, 1.165) is 37.3 Å². The maximum Gasteiger partial charge on any atom is 0.145 e. The maximum absolute atomic E-state index is 5.66. The molecule has 0 fully saturated rings. The van der Waals surface area contributed by atoms with Crippen LogP contribution in [0.25, 0.3) is 11.1 Å². The Balaban J connectivity index is 1.73. The van der Waals surface area contributed by atoms with E-state index in [4.69, 9.17) is 10.6 Å². The molecule has 0 aliphatic carbocycles. The third-order valence-corrected chi connectivity index (χ3v) is 4.91. The third kappa shape index (κ3) is 5.16. The molecule has 144 valence electrons. The molecule has 0 saturated carbocycles. The average molecular weight is 367 g/mol. The van der Waals surface area contributed by atoms with Gasteiger partial charge in [-0.1, -0.05) is 53.7 Å². The van der Waals surface area contributed by atoms with Crippen molar-refractivity contribution in [3.8, 4) is 11.1 Å². The zero-order valence-electron chi connectivity index (χ0n) is 16.6. The van der Waals surface area contributed by atoms with Crippen LogP contribution in [-0.4, -0.2) is 62.4 Å². The predicted octanol–water partition coefficient (Wildman–Crippen LogP) is 2.80. The van der Waals surface area contributed by atoms with Crippen LogP contribution in [0.5, 0.6) is 0 Å². The summed E-state index contributed by atoms with van der Waals surface area (Å²) in [4.78, 5) is 9.92. The van der Waals surface area contributed by atoms with Gasteiger partial charge in [-0.3, -0.25) is 0 Å². The van der Waals surface area contributed by atoms with E-state index in [9.17, 15) is 0 Å². The fourth-order valence-corrected chi connectivity index (χ4v) is 3.25. The molecule has 0 amide bonds. The van der Waals surface area contributed by atoms with Crippen molar-refractivity contribution in [3.63, 3.8) is 0 Å². The predicted molar refractivity (Wildman–Crippen MR) is 112 cm³/mol. The number of benzene rings is 2. The van der Waals surface area contributed by atoms with E-state index in [0.29, 0.717) is 6.54 Å². The first-order chi connectivity index (χ1) is 13.1. The minimum atomic E-state index is 0.0121. The van der Waals surface area contributed by atoms with Crippen molar-refractivity contribution in [3.05, 3.63) is 59.7 Å². The first-order valence-electron chi connectivity index (χ1n) is 9.51. The molecule has 1 unspecified atom stereocenters. The van der Waals surface area contributed by atoms with Crippen LogP contribution in [-0.2, 0) is 11.4 Å². The number of nitrogens with two attached hydrogens (primary N) is 1. The van der Waals surface area contributed by atoms with Gasteiger partial charge in [0.1, 0.15) is 6.10 Å². The molecule has 1 aliphatic rings. The van der Waals surface area contributed by atoms with E-state index in [1.165, 1.54) is 16.7 Å². The van der Waals surface area contributed by atoms with Crippen LogP contribution in [0.2, 0.25) is 0 Å². The molecule has 1 aliphatic heterocycles. The van der Waals surface area contributed by atoms with Gasteiger partial charge >= 0.3 is 0 Å². The lowest BCUT2D eigenvalue weighted by molar-refractivity contribution is 0.0918. The molecular formula is C22H30N4O. The lowest BCUT2D eigenvalue weighted by atomic mass is 9.96. The van der Waals surface area contributed by atoms with Crippen molar-refractivity contribution in [2.45, 2.75) is 19.1 Å². The second-order valence-corrected chi connectivity index (χ2v) is 7.48. The lowest BCUT2D eigenvalue weighted by Gasteiger charge is -2.21. The van der Waals surface area contributed by atoms with Gasteiger partial charge in [-0.25, -0.2) is 0 Å². The van der Waals surface area contributed by atoms with Gasteiger partial charge in [0.15, 0.2) is 0 Å². The summed E-state index contributed by atoms with van der Waals surface area (Å²) < 4.78 is 0. The molecule has 0 aromatic heterocycles. The second-order valence-electron chi connectivity index (χ2n) is 7.48. The van der Waals surface area contributed by atoms with Crippen LogP contribution >= 0.6 is 0 Å². The van der Waals surface area contributed by atoms with Crippen LogP contribution < -0.4 is 5.73 Å².